The molecule has 0 amide bonds. The third-order valence-corrected chi connectivity index (χ3v) is 3.54. The van der Waals surface area contributed by atoms with Crippen LogP contribution < -0.4 is 5.56 Å². The number of hydrogen-bond acceptors (Lipinski definition) is 2. The second-order valence-corrected chi connectivity index (χ2v) is 4.62. The monoisotopic (exact) mass is 249 g/mol. The molecule has 2 heterocycles. The Morgan fingerprint density at radius 2 is 1.63 bits per heavy atom. The standard InChI is InChI=1S/C15H11N3O/c1-17-12-8-4-2-6-10(12)14(19)18-13-9-5-3-7-11(13)16-15(17)18/h2-9H,1H3. The average Bonchev–Trinajstić information content (AvgIpc) is 2.84. The van der Waals surface area contributed by atoms with Gasteiger partial charge in [0.25, 0.3) is 5.56 Å². The first-order valence-electron chi connectivity index (χ1n) is 6.12. The van der Waals surface area contributed by atoms with E-state index >= 15 is 0 Å². The summed E-state index contributed by atoms with van der Waals surface area (Å²) in [6, 6.07) is 15.3. The number of hydrogen-bond donors (Lipinski definition) is 0. The van der Waals surface area contributed by atoms with Crippen LogP contribution in [0.1, 0.15) is 0 Å². The molecule has 4 heteroatoms. The molecule has 0 saturated carbocycles. The first-order chi connectivity index (χ1) is 9.27. The molecule has 4 aromatic rings. The van der Waals surface area contributed by atoms with Crippen molar-refractivity contribution in [2.45, 2.75) is 0 Å². The van der Waals surface area contributed by atoms with Gasteiger partial charge >= 0.3 is 0 Å². The summed E-state index contributed by atoms with van der Waals surface area (Å²) in [6.45, 7) is 0. The summed E-state index contributed by atoms with van der Waals surface area (Å²) >= 11 is 0. The van der Waals surface area contributed by atoms with Crippen molar-refractivity contribution >= 4 is 27.7 Å². The van der Waals surface area contributed by atoms with E-state index in [0.29, 0.717) is 11.2 Å². The Morgan fingerprint density at radius 1 is 0.947 bits per heavy atom. The molecule has 0 aliphatic carbocycles. The minimum absolute atomic E-state index is 0.0163. The Hall–Kier alpha value is -2.62. The van der Waals surface area contributed by atoms with Gasteiger partial charge in [-0.2, -0.15) is 0 Å². The molecular formula is C15H11N3O. The largest absolute Gasteiger partial charge is 0.314 e. The smallest absolute Gasteiger partial charge is 0.267 e. The quantitative estimate of drug-likeness (QED) is 0.480. The van der Waals surface area contributed by atoms with Crippen LogP contribution in [0.3, 0.4) is 0 Å². The van der Waals surface area contributed by atoms with E-state index in [4.69, 9.17) is 0 Å². The molecule has 0 aliphatic rings. The van der Waals surface area contributed by atoms with Crippen LogP contribution in [0.5, 0.6) is 0 Å². The predicted octanol–water partition coefficient (Wildman–Crippen LogP) is 2.34. The Labute approximate surface area is 108 Å². The average molecular weight is 249 g/mol. The molecular weight excluding hydrogens is 238 g/mol. The summed E-state index contributed by atoms with van der Waals surface area (Å²) in [4.78, 5) is 17.2. The number of para-hydroxylation sites is 3. The van der Waals surface area contributed by atoms with Crippen LogP contribution >= 0.6 is 0 Å². The third kappa shape index (κ3) is 1.23. The number of imidazole rings is 1. The van der Waals surface area contributed by atoms with Gasteiger partial charge in [-0.25, -0.2) is 9.38 Å². The molecule has 0 aliphatic heterocycles. The van der Waals surface area contributed by atoms with E-state index in [2.05, 4.69) is 4.98 Å². The molecule has 4 nitrogen and oxygen atoms in total. The lowest BCUT2D eigenvalue weighted by Crippen LogP contribution is -2.17. The summed E-state index contributed by atoms with van der Waals surface area (Å²) in [6.07, 6.45) is 0. The second-order valence-electron chi connectivity index (χ2n) is 4.62. The maximum atomic E-state index is 12.6. The van der Waals surface area contributed by atoms with Crippen LogP contribution in [-0.2, 0) is 7.05 Å². The van der Waals surface area contributed by atoms with Gasteiger partial charge in [0.05, 0.1) is 21.9 Å². The van der Waals surface area contributed by atoms with Crippen molar-refractivity contribution < 1.29 is 0 Å². The lowest BCUT2D eigenvalue weighted by Gasteiger charge is -2.06. The fourth-order valence-corrected chi connectivity index (χ4v) is 2.61. The molecule has 0 bridgehead atoms. The Morgan fingerprint density at radius 3 is 2.47 bits per heavy atom. The SMILES string of the molecule is Cn1c2ccccc2c(=O)n2c3ccccc3nc12. The molecule has 0 saturated heterocycles. The first kappa shape index (κ1) is 10.3. The third-order valence-electron chi connectivity index (χ3n) is 3.54. The normalized spacial score (nSPS) is 11.6. The van der Waals surface area contributed by atoms with Crippen molar-refractivity contribution in [2.24, 2.45) is 7.05 Å². The number of aromatic nitrogens is 3. The maximum Gasteiger partial charge on any atom is 0.267 e. The molecule has 0 N–H and O–H groups in total. The number of benzene rings is 2. The summed E-state index contributed by atoms with van der Waals surface area (Å²) in [5, 5.41) is 0.709. The molecule has 0 radical (unpaired) electrons. The van der Waals surface area contributed by atoms with Gasteiger partial charge in [-0.3, -0.25) is 4.79 Å². The summed E-state index contributed by atoms with van der Waals surface area (Å²) < 4.78 is 3.63. The number of rotatable bonds is 0. The van der Waals surface area contributed by atoms with E-state index in [-0.39, 0.29) is 5.56 Å². The fraction of sp³-hybridized carbons (Fsp3) is 0.0667. The van der Waals surface area contributed by atoms with E-state index in [1.54, 1.807) is 4.40 Å². The van der Waals surface area contributed by atoms with Crippen molar-refractivity contribution in [3.63, 3.8) is 0 Å². The number of nitrogens with zero attached hydrogens (tertiary/aromatic N) is 3. The highest BCUT2D eigenvalue weighted by Gasteiger charge is 2.12. The van der Waals surface area contributed by atoms with E-state index in [0.717, 1.165) is 16.6 Å². The van der Waals surface area contributed by atoms with Crippen LogP contribution in [0.4, 0.5) is 0 Å². The zero-order valence-electron chi connectivity index (χ0n) is 10.4. The van der Waals surface area contributed by atoms with Gasteiger partial charge in [0, 0.05) is 7.05 Å². The van der Waals surface area contributed by atoms with Gasteiger partial charge in [0.1, 0.15) is 0 Å². The van der Waals surface area contributed by atoms with Crippen LogP contribution in [0, 0.1) is 0 Å². The fourth-order valence-electron chi connectivity index (χ4n) is 2.61. The maximum absolute atomic E-state index is 12.6. The summed E-state index contributed by atoms with van der Waals surface area (Å²) in [5.74, 6) is 0.671. The highest BCUT2D eigenvalue weighted by Crippen LogP contribution is 2.17. The Balaban J connectivity index is 2.44. The molecule has 0 spiro atoms. The Kier molecular flexibility index (Phi) is 1.87. The van der Waals surface area contributed by atoms with Gasteiger partial charge in [0.15, 0.2) is 0 Å². The number of aryl methyl sites for hydroxylation is 1. The highest BCUT2D eigenvalue weighted by atomic mass is 16.1. The van der Waals surface area contributed by atoms with Crippen molar-refractivity contribution in [3.05, 3.63) is 58.9 Å². The van der Waals surface area contributed by atoms with E-state index in [1.807, 2.05) is 60.1 Å². The van der Waals surface area contributed by atoms with Crippen molar-refractivity contribution in [1.29, 1.82) is 0 Å². The Bertz CT molecular complexity index is 995. The van der Waals surface area contributed by atoms with Crippen LogP contribution in [0.2, 0.25) is 0 Å². The van der Waals surface area contributed by atoms with Gasteiger partial charge in [-0.1, -0.05) is 24.3 Å². The summed E-state index contributed by atoms with van der Waals surface area (Å²) in [5.41, 5.74) is 2.57. The summed E-state index contributed by atoms with van der Waals surface area (Å²) in [7, 11) is 1.93. The van der Waals surface area contributed by atoms with Crippen LogP contribution in [0.25, 0.3) is 27.7 Å². The van der Waals surface area contributed by atoms with Crippen molar-refractivity contribution in [3.8, 4) is 0 Å². The molecule has 0 atom stereocenters. The van der Waals surface area contributed by atoms with Gasteiger partial charge in [0.2, 0.25) is 5.78 Å². The van der Waals surface area contributed by atoms with E-state index < -0.39 is 0 Å². The molecule has 2 aromatic carbocycles. The molecule has 19 heavy (non-hydrogen) atoms. The molecule has 0 fully saturated rings. The van der Waals surface area contributed by atoms with Crippen LogP contribution in [0.15, 0.2) is 53.3 Å². The van der Waals surface area contributed by atoms with E-state index in [1.165, 1.54) is 0 Å². The zero-order valence-corrected chi connectivity index (χ0v) is 10.4. The zero-order chi connectivity index (χ0) is 13.0. The molecule has 4 rings (SSSR count). The highest BCUT2D eigenvalue weighted by molar-refractivity contribution is 5.85. The lowest BCUT2D eigenvalue weighted by molar-refractivity contribution is 0.921. The topological polar surface area (TPSA) is 39.3 Å². The lowest BCUT2D eigenvalue weighted by atomic mass is 10.2. The predicted molar refractivity (Wildman–Crippen MR) is 75.4 cm³/mol. The van der Waals surface area contributed by atoms with E-state index in [9.17, 15) is 4.79 Å². The second kappa shape index (κ2) is 3.45. The number of fused-ring (bicyclic) bond motifs is 4. The van der Waals surface area contributed by atoms with Gasteiger partial charge in [-0.05, 0) is 24.3 Å². The molecule has 92 valence electrons. The van der Waals surface area contributed by atoms with Crippen LogP contribution in [-0.4, -0.2) is 14.0 Å². The minimum Gasteiger partial charge on any atom is -0.314 e. The minimum atomic E-state index is -0.0163. The van der Waals surface area contributed by atoms with Crippen molar-refractivity contribution in [2.75, 3.05) is 0 Å². The van der Waals surface area contributed by atoms with Gasteiger partial charge < -0.3 is 4.57 Å². The van der Waals surface area contributed by atoms with Crippen molar-refractivity contribution in [1.82, 2.24) is 14.0 Å². The molecule has 2 aromatic heterocycles. The van der Waals surface area contributed by atoms with Gasteiger partial charge in [-0.15, -0.1) is 0 Å². The first-order valence-corrected chi connectivity index (χ1v) is 6.12. The molecule has 0 unspecified atom stereocenters.